The fraction of sp³-hybridized carbons (Fsp3) is 0.680. The van der Waals surface area contributed by atoms with Gasteiger partial charge in [-0.25, -0.2) is 0 Å². The lowest BCUT2D eigenvalue weighted by Gasteiger charge is -2.56. The Morgan fingerprint density at radius 2 is 2.00 bits per heavy atom. The smallest absolute Gasteiger partial charge is 0.251 e. The first-order valence-electron chi connectivity index (χ1n) is 11.7. The van der Waals surface area contributed by atoms with Gasteiger partial charge in [-0.3, -0.25) is 14.6 Å². The number of aromatic nitrogens is 1. The van der Waals surface area contributed by atoms with E-state index in [1.54, 1.807) is 36.5 Å². The maximum Gasteiger partial charge on any atom is 0.251 e. The molecule has 1 aromatic rings. The van der Waals surface area contributed by atoms with Crippen LogP contribution in [0.1, 0.15) is 63.2 Å². The third-order valence-electron chi connectivity index (χ3n) is 8.11. The summed E-state index contributed by atoms with van der Waals surface area (Å²) in [5, 5.41) is 23.5. The van der Waals surface area contributed by atoms with Crippen LogP contribution in [0.15, 0.2) is 24.5 Å². The molecule has 0 radical (unpaired) electrons. The van der Waals surface area contributed by atoms with Gasteiger partial charge in [-0.1, -0.05) is 20.8 Å². The van der Waals surface area contributed by atoms with Crippen LogP contribution in [-0.2, 0) is 4.79 Å². The number of carbonyl (C=O) groups is 2. The van der Waals surface area contributed by atoms with Crippen LogP contribution in [0.4, 0.5) is 0 Å². The van der Waals surface area contributed by atoms with Gasteiger partial charge >= 0.3 is 0 Å². The number of carbonyl (C=O) groups excluding carboxylic acids is 2. The summed E-state index contributed by atoms with van der Waals surface area (Å²) in [6, 6.07) is 5.46. The Morgan fingerprint density at radius 3 is 2.66 bits per heavy atom. The van der Waals surface area contributed by atoms with Gasteiger partial charge in [-0.15, -0.1) is 0 Å². The van der Waals surface area contributed by atoms with Gasteiger partial charge in [-0.05, 0) is 61.0 Å². The molecule has 2 N–H and O–H groups in total. The Morgan fingerprint density at radius 1 is 1.34 bits per heavy atom. The Labute approximate surface area is 191 Å². The van der Waals surface area contributed by atoms with Crippen molar-refractivity contribution < 1.29 is 14.7 Å². The Balaban J connectivity index is 1.73. The third-order valence-corrected chi connectivity index (χ3v) is 8.11. The quantitative estimate of drug-likeness (QED) is 0.707. The average molecular weight is 441 g/mol. The Kier molecular flexibility index (Phi) is 7.55. The maximum atomic E-state index is 12.9. The van der Waals surface area contributed by atoms with Gasteiger partial charge in [0.25, 0.3) is 5.91 Å². The normalized spacial score (nSPS) is 32.8. The fourth-order valence-electron chi connectivity index (χ4n) is 6.11. The van der Waals surface area contributed by atoms with Gasteiger partial charge in [-0.2, -0.15) is 5.26 Å². The lowest BCUT2D eigenvalue weighted by atomic mass is 9.51. The molecule has 0 bridgehead atoms. The molecular formula is C25H36N4O3. The monoisotopic (exact) mass is 440 g/mol. The molecule has 7 nitrogen and oxygen atoms in total. The molecule has 174 valence electrons. The molecule has 7 atom stereocenters. The minimum atomic E-state index is -0.604. The van der Waals surface area contributed by atoms with Crippen LogP contribution in [0.25, 0.3) is 0 Å². The van der Waals surface area contributed by atoms with Crippen molar-refractivity contribution in [3.63, 3.8) is 0 Å². The molecule has 2 aliphatic carbocycles. The summed E-state index contributed by atoms with van der Waals surface area (Å²) < 4.78 is 0. The van der Waals surface area contributed by atoms with Crippen LogP contribution in [0.2, 0.25) is 0 Å². The number of nitrogens with one attached hydrogen (secondary N) is 1. The maximum absolute atomic E-state index is 12.9. The first-order valence-corrected chi connectivity index (χ1v) is 11.7. The van der Waals surface area contributed by atoms with Gasteiger partial charge < -0.3 is 15.3 Å². The molecule has 1 aromatic heterocycles. The van der Waals surface area contributed by atoms with Crippen LogP contribution in [-0.4, -0.2) is 52.5 Å². The molecule has 0 saturated heterocycles. The van der Waals surface area contributed by atoms with Crippen molar-refractivity contribution in [1.82, 2.24) is 15.2 Å². The molecule has 2 aliphatic rings. The van der Waals surface area contributed by atoms with E-state index >= 15 is 0 Å². The number of hydrogen-bond donors (Lipinski definition) is 2. The minimum Gasteiger partial charge on any atom is -0.392 e. The van der Waals surface area contributed by atoms with Crippen molar-refractivity contribution >= 4 is 11.8 Å². The van der Waals surface area contributed by atoms with Crippen LogP contribution < -0.4 is 5.32 Å². The van der Waals surface area contributed by atoms with E-state index in [9.17, 15) is 14.7 Å². The molecule has 1 heterocycles. The van der Waals surface area contributed by atoms with Gasteiger partial charge in [0.05, 0.1) is 18.6 Å². The van der Waals surface area contributed by atoms with Crippen molar-refractivity contribution in [2.45, 2.75) is 65.0 Å². The second-order valence-corrected chi connectivity index (χ2v) is 10.0. The van der Waals surface area contributed by atoms with E-state index in [4.69, 9.17) is 5.26 Å². The third kappa shape index (κ3) is 4.80. The summed E-state index contributed by atoms with van der Waals surface area (Å²) in [6.45, 7) is 6.68. The summed E-state index contributed by atoms with van der Waals surface area (Å²) in [5.74, 6) is -0.455. The van der Waals surface area contributed by atoms with E-state index in [1.165, 1.54) is 0 Å². The van der Waals surface area contributed by atoms with Crippen molar-refractivity contribution in [1.29, 1.82) is 5.26 Å². The van der Waals surface area contributed by atoms with E-state index in [0.29, 0.717) is 18.5 Å². The molecule has 0 aromatic carbocycles. The highest BCUT2D eigenvalue weighted by atomic mass is 16.3. The standard InChI is InChI=1S/C25H36N4O3/c1-16(24(32)29(4)15-5-12-26)19-6-10-25(3)11-7-20(17(2)21(25)22(19)30)28-23(31)18-8-13-27-14-9-18/h8-9,13-14,16-17,19-22,30H,5-7,10-11,15H2,1-4H3,(H,28,31)/t16-,17-,19+,20-,21+,22-,25+/m0/s1. The van der Waals surface area contributed by atoms with E-state index in [2.05, 4.69) is 30.2 Å². The van der Waals surface area contributed by atoms with Gasteiger partial charge in [0.2, 0.25) is 5.91 Å². The molecule has 7 heteroatoms. The highest BCUT2D eigenvalue weighted by Crippen LogP contribution is 2.55. The zero-order valence-corrected chi connectivity index (χ0v) is 19.6. The van der Waals surface area contributed by atoms with Crippen molar-refractivity contribution in [3.05, 3.63) is 30.1 Å². The molecule has 0 spiro atoms. The topological polar surface area (TPSA) is 106 Å². The molecule has 2 fully saturated rings. The van der Waals surface area contributed by atoms with E-state index in [-0.39, 0.29) is 46.9 Å². The first-order chi connectivity index (χ1) is 15.2. The number of amides is 2. The second-order valence-electron chi connectivity index (χ2n) is 10.0. The fourth-order valence-corrected chi connectivity index (χ4v) is 6.11. The average Bonchev–Trinajstić information content (AvgIpc) is 2.79. The van der Waals surface area contributed by atoms with Crippen molar-refractivity contribution in [2.75, 3.05) is 13.6 Å². The number of fused-ring (bicyclic) bond motifs is 1. The number of nitrogens with zero attached hydrogens (tertiary/aromatic N) is 3. The summed E-state index contributed by atoms with van der Waals surface area (Å²) in [4.78, 5) is 31.2. The van der Waals surface area contributed by atoms with Gasteiger partial charge in [0, 0.05) is 43.5 Å². The van der Waals surface area contributed by atoms with E-state index in [0.717, 1.165) is 25.7 Å². The molecule has 0 aliphatic heterocycles. The number of rotatable bonds is 6. The highest BCUT2D eigenvalue weighted by molar-refractivity contribution is 5.94. The van der Waals surface area contributed by atoms with Gasteiger partial charge in [0.1, 0.15) is 0 Å². The largest absolute Gasteiger partial charge is 0.392 e. The number of hydrogen-bond acceptors (Lipinski definition) is 5. The number of nitriles is 1. The second kappa shape index (κ2) is 9.99. The van der Waals surface area contributed by atoms with Crippen LogP contribution >= 0.6 is 0 Å². The SMILES string of the molecule is C[C@@H]1[C@@H]2[C@@H](O)[C@@H]([C@H](C)C(=O)N(C)CCC#N)CC[C@]2(C)CC[C@@H]1NC(=O)c1ccncc1. The van der Waals surface area contributed by atoms with Crippen LogP contribution in [0.5, 0.6) is 0 Å². The predicted octanol–water partition coefficient (Wildman–Crippen LogP) is 3.01. The molecule has 2 amide bonds. The van der Waals surface area contributed by atoms with Crippen molar-refractivity contribution in [2.24, 2.45) is 29.1 Å². The lowest BCUT2D eigenvalue weighted by Crippen LogP contribution is -2.58. The van der Waals surface area contributed by atoms with Crippen LogP contribution in [0, 0.1) is 40.4 Å². The zero-order chi connectivity index (χ0) is 23.5. The Hall–Kier alpha value is -2.46. The highest BCUT2D eigenvalue weighted by Gasteiger charge is 2.54. The molecule has 0 unspecified atom stereocenters. The molecule has 3 rings (SSSR count). The molecule has 2 saturated carbocycles. The van der Waals surface area contributed by atoms with Crippen LogP contribution in [0.3, 0.4) is 0 Å². The zero-order valence-electron chi connectivity index (χ0n) is 19.6. The van der Waals surface area contributed by atoms with E-state index in [1.807, 2.05) is 6.92 Å². The number of aliphatic hydroxyl groups excluding tert-OH is 1. The molecular weight excluding hydrogens is 404 g/mol. The summed E-state index contributed by atoms with van der Waals surface area (Å²) >= 11 is 0. The number of pyridine rings is 1. The predicted molar refractivity (Wildman–Crippen MR) is 121 cm³/mol. The van der Waals surface area contributed by atoms with E-state index < -0.39 is 6.10 Å². The summed E-state index contributed by atoms with van der Waals surface area (Å²) in [6.07, 6.45) is 6.52. The minimum absolute atomic E-state index is 0.00268. The summed E-state index contributed by atoms with van der Waals surface area (Å²) in [5.41, 5.74) is 0.588. The number of aliphatic hydroxyl groups is 1. The van der Waals surface area contributed by atoms with Gasteiger partial charge in [0.15, 0.2) is 0 Å². The lowest BCUT2D eigenvalue weighted by molar-refractivity contribution is -0.149. The van der Waals surface area contributed by atoms with Crippen molar-refractivity contribution in [3.8, 4) is 6.07 Å². The summed E-state index contributed by atoms with van der Waals surface area (Å²) in [7, 11) is 1.73. The Bertz CT molecular complexity index is 854. The molecule has 32 heavy (non-hydrogen) atoms. The first kappa shape index (κ1) is 24.2.